The van der Waals surface area contributed by atoms with Crippen LogP contribution in [-0.2, 0) is 0 Å². The first-order valence-corrected chi connectivity index (χ1v) is 7.31. The molecule has 0 saturated carbocycles. The number of carbonyl (C=O) groups is 1. The molecule has 0 spiro atoms. The van der Waals surface area contributed by atoms with Crippen LogP contribution in [0.2, 0.25) is 0 Å². The minimum Gasteiger partial charge on any atom is -0.349 e. The van der Waals surface area contributed by atoms with Crippen LogP contribution in [0.5, 0.6) is 0 Å². The van der Waals surface area contributed by atoms with E-state index in [1.807, 2.05) is 32.0 Å². The van der Waals surface area contributed by atoms with Crippen LogP contribution in [0, 0.1) is 12.8 Å². The van der Waals surface area contributed by atoms with Crippen molar-refractivity contribution in [3.05, 3.63) is 41.9 Å². The number of hydrogen-bond acceptors (Lipinski definition) is 3. The van der Waals surface area contributed by atoms with Crippen LogP contribution < -0.4 is 5.32 Å². The second-order valence-electron chi connectivity index (χ2n) is 5.39. The van der Waals surface area contributed by atoms with Crippen molar-refractivity contribution < 1.29 is 4.79 Å². The molecule has 0 aromatic carbocycles. The molecule has 2 atom stereocenters. The van der Waals surface area contributed by atoms with Crippen molar-refractivity contribution in [1.82, 2.24) is 20.1 Å². The van der Waals surface area contributed by atoms with Crippen molar-refractivity contribution in [2.45, 2.75) is 40.2 Å². The third kappa shape index (κ3) is 3.29. The summed E-state index contributed by atoms with van der Waals surface area (Å²) in [5.41, 5.74) is 1.39. The number of hydrogen-bond donors (Lipinski definition) is 1. The molecule has 0 aliphatic rings. The number of carbonyl (C=O) groups excluding carboxylic acids is 1. The van der Waals surface area contributed by atoms with E-state index >= 15 is 0 Å². The first-order valence-electron chi connectivity index (χ1n) is 7.31. The molecule has 0 aliphatic heterocycles. The highest BCUT2D eigenvalue weighted by Crippen LogP contribution is 2.13. The average Bonchev–Trinajstić information content (AvgIpc) is 2.88. The molecular weight excluding hydrogens is 264 g/mol. The van der Waals surface area contributed by atoms with Gasteiger partial charge < -0.3 is 5.32 Å². The van der Waals surface area contributed by atoms with Crippen LogP contribution >= 0.6 is 0 Å². The Morgan fingerprint density at radius 3 is 2.76 bits per heavy atom. The number of pyridine rings is 1. The van der Waals surface area contributed by atoms with Crippen molar-refractivity contribution in [3.63, 3.8) is 0 Å². The smallest absolute Gasteiger partial charge is 0.254 e. The van der Waals surface area contributed by atoms with E-state index in [2.05, 4.69) is 29.2 Å². The molecule has 2 aromatic rings. The monoisotopic (exact) mass is 286 g/mol. The molecule has 5 nitrogen and oxygen atoms in total. The number of aromatic nitrogens is 3. The zero-order valence-electron chi connectivity index (χ0n) is 13.0. The predicted molar refractivity (Wildman–Crippen MR) is 82.5 cm³/mol. The number of nitrogens with zero attached hydrogens (tertiary/aromatic N) is 3. The van der Waals surface area contributed by atoms with E-state index in [4.69, 9.17) is 0 Å². The highest BCUT2D eigenvalue weighted by molar-refractivity contribution is 5.95. The molecule has 1 N–H and O–H groups in total. The predicted octanol–water partition coefficient (Wildman–Crippen LogP) is 2.74. The van der Waals surface area contributed by atoms with Gasteiger partial charge in [-0.3, -0.25) is 4.79 Å². The molecule has 5 heteroatoms. The van der Waals surface area contributed by atoms with E-state index in [1.54, 1.807) is 17.1 Å². The quantitative estimate of drug-likeness (QED) is 0.919. The van der Waals surface area contributed by atoms with Crippen LogP contribution in [0.1, 0.15) is 43.2 Å². The summed E-state index contributed by atoms with van der Waals surface area (Å²) in [6.45, 7) is 8.17. The summed E-state index contributed by atoms with van der Waals surface area (Å²) in [7, 11) is 0. The standard InChI is InChI=1S/C16H22N4O/c1-5-11(2)12(3)19-16(21)14-10-18-20(13(14)4)15-8-6-7-9-17-15/h6-12H,5H2,1-4H3,(H,19,21). The Morgan fingerprint density at radius 2 is 2.14 bits per heavy atom. The van der Waals surface area contributed by atoms with Gasteiger partial charge in [0, 0.05) is 12.2 Å². The fraction of sp³-hybridized carbons (Fsp3) is 0.438. The fourth-order valence-electron chi connectivity index (χ4n) is 2.12. The van der Waals surface area contributed by atoms with Gasteiger partial charge in [0.25, 0.3) is 5.91 Å². The van der Waals surface area contributed by atoms with Gasteiger partial charge in [0.2, 0.25) is 0 Å². The largest absolute Gasteiger partial charge is 0.349 e. The summed E-state index contributed by atoms with van der Waals surface area (Å²) in [4.78, 5) is 16.6. The lowest BCUT2D eigenvalue weighted by atomic mass is 10.0. The molecule has 2 aromatic heterocycles. The Kier molecular flexibility index (Phi) is 4.73. The van der Waals surface area contributed by atoms with E-state index in [0.29, 0.717) is 17.3 Å². The van der Waals surface area contributed by atoms with E-state index in [-0.39, 0.29) is 11.9 Å². The second-order valence-corrected chi connectivity index (χ2v) is 5.39. The van der Waals surface area contributed by atoms with Crippen LogP contribution in [0.15, 0.2) is 30.6 Å². The Bertz CT molecular complexity index is 606. The first-order chi connectivity index (χ1) is 10.0. The summed E-state index contributed by atoms with van der Waals surface area (Å²) >= 11 is 0. The van der Waals surface area contributed by atoms with Gasteiger partial charge in [-0.15, -0.1) is 0 Å². The van der Waals surface area contributed by atoms with Gasteiger partial charge in [0.15, 0.2) is 5.82 Å². The highest BCUT2D eigenvalue weighted by Gasteiger charge is 2.19. The maximum absolute atomic E-state index is 12.4. The third-order valence-electron chi connectivity index (χ3n) is 3.98. The SMILES string of the molecule is CCC(C)C(C)NC(=O)c1cnn(-c2ccccn2)c1C. The zero-order valence-corrected chi connectivity index (χ0v) is 13.0. The first kappa shape index (κ1) is 15.2. The molecule has 0 saturated heterocycles. The second kappa shape index (κ2) is 6.52. The fourth-order valence-corrected chi connectivity index (χ4v) is 2.12. The molecule has 21 heavy (non-hydrogen) atoms. The van der Waals surface area contributed by atoms with Crippen LogP contribution in [0.3, 0.4) is 0 Å². The van der Waals surface area contributed by atoms with Crippen molar-refractivity contribution >= 4 is 5.91 Å². The molecule has 0 aliphatic carbocycles. The molecule has 1 amide bonds. The summed E-state index contributed by atoms with van der Waals surface area (Å²) < 4.78 is 1.68. The molecule has 0 fully saturated rings. The summed E-state index contributed by atoms with van der Waals surface area (Å²) in [5, 5.41) is 7.31. The molecule has 0 bridgehead atoms. The van der Waals surface area contributed by atoms with Gasteiger partial charge in [-0.25, -0.2) is 9.67 Å². The van der Waals surface area contributed by atoms with Gasteiger partial charge in [-0.1, -0.05) is 26.3 Å². The van der Waals surface area contributed by atoms with Crippen LogP contribution in [0.25, 0.3) is 5.82 Å². The van der Waals surface area contributed by atoms with Gasteiger partial charge in [-0.2, -0.15) is 5.10 Å². The van der Waals surface area contributed by atoms with Crippen molar-refractivity contribution in [2.75, 3.05) is 0 Å². The number of rotatable bonds is 5. The lowest BCUT2D eigenvalue weighted by molar-refractivity contribution is 0.0927. The molecule has 2 heterocycles. The summed E-state index contributed by atoms with van der Waals surface area (Å²) in [5.74, 6) is 1.08. The minimum absolute atomic E-state index is 0.0810. The Hall–Kier alpha value is -2.17. The maximum Gasteiger partial charge on any atom is 0.254 e. The Morgan fingerprint density at radius 1 is 1.38 bits per heavy atom. The van der Waals surface area contributed by atoms with Crippen molar-refractivity contribution in [3.8, 4) is 5.82 Å². The normalized spacial score (nSPS) is 13.7. The molecule has 112 valence electrons. The summed E-state index contributed by atoms with van der Waals surface area (Å²) in [6, 6.07) is 5.75. The van der Waals surface area contributed by atoms with Gasteiger partial charge in [0.1, 0.15) is 0 Å². The number of amides is 1. The topological polar surface area (TPSA) is 59.8 Å². The Labute approximate surface area is 125 Å². The molecule has 2 rings (SSSR count). The minimum atomic E-state index is -0.0810. The molecule has 0 radical (unpaired) electrons. The van der Waals surface area contributed by atoms with Gasteiger partial charge in [0.05, 0.1) is 17.5 Å². The van der Waals surface area contributed by atoms with Crippen LogP contribution in [-0.4, -0.2) is 26.7 Å². The molecular formula is C16H22N4O. The summed E-state index contributed by atoms with van der Waals surface area (Å²) in [6.07, 6.45) is 4.34. The lowest BCUT2D eigenvalue weighted by Gasteiger charge is -2.19. The van der Waals surface area contributed by atoms with E-state index in [9.17, 15) is 4.79 Å². The van der Waals surface area contributed by atoms with Crippen molar-refractivity contribution in [2.24, 2.45) is 5.92 Å². The van der Waals surface area contributed by atoms with E-state index < -0.39 is 0 Å². The van der Waals surface area contributed by atoms with Crippen molar-refractivity contribution in [1.29, 1.82) is 0 Å². The lowest BCUT2D eigenvalue weighted by Crippen LogP contribution is -2.37. The Balaban J connectivity index is 2.19. The van der Waals surface area contributed by atoms with E-state index in [1.165, 1.54) is 0 Å². The van der Waals surface area contributed by atoms with E-state index in [0.717, 1.165) is 12.1 Å². The van der Waals surface area contributed by atoms with Crippen LogP contribution in [0.4, 0.5) is 0 Å². The number of nitrogens with one attached hydrogen (secondary N) is 1. The highest BCUT2D eigenvalue weighted by atomic mass is 16.1. The molecule has 2 unspecified atom stereocenters. The van der Waals surface area contributed by atoms with Gasteiger partial charge >= 0.3 is 0 Å². The van der Waals surface area contributed by atoms with Gasteiger partial charge in [-0.05, 0) is 31.9 Å². The average molecular weight is 286 g/mol. The zero-order chi connectivity index (χ0) is 15.4. The maximum atomic E-state index is 12.4. The third-order valence-corrected chi connectivity index (χ3v) is 3.98.